The number of carbonyl (C=O) groups is 2. The first kappa shape index (κ1) is 18.4. The molecule has 2 aliphatic rings. The van der Waals surface area contributed by atoms with Gasteiger partial charge in [-0.3, -0.25) is 9.78 Å². The number of aliphatic hydroxyl groups is 1. The van der Waals surface area contributed by atoms with Gasteiger partial charge in [-0.25, -0.2) is 4.79 Å². The van der Waals surface area contributed by atoms with Crippen LogP contribution in [-0.4, -0.2) is 42.6 Å². The van der Waals surface area contributed by atoms with E-state index in [9.17, 15) is 14.7 Å². The number of benzene rings is 1. The first-order valence-corrected chi connectivity index (χ1v) is 9.69. The van der Waals surface area contributed by atoms with E-state index in [-0.39, 0.29) is 24.6 Å². The van der Waals surface area contributed by atoms with Crippen LogP contribution in [-0.2, 0) is 15.1 Å². The lowest BCUT2D eigenvalue weighted by Gasteiger charge is -2.40. The molecule has 152 valence electrons. The molecule has 1 aliphatic heterocycles. The average Bonchev–Trinajstić information content (AvgIpc) is 3.35. The maximum atomic E-state index is 12.8. The monoisotopic (exact) mass is 405 g/mol. The molecule has 30 heavy (non-hydrogen) atoms. The highest BCUT2D eigenvalue weighted by Crippen LogP contribution is 2.49. The van der Waals surface area contributed by atoms with Gasteiger partial charge in [-0.15, -0.1) is 9.90 Å². The molecule has 1 aliphatic carbocycles. The quantitative estimate of drug-likeness (QED) is 0.640. The number of pyridine rings is 1. The van der Waals surface area contributed by atoms with Gasteiger partial charge in [-0.05, 0) is 43.9 Å². The van der Waals surface area contributed by atoms with E-state index >= 15 is 0 Å². The van der Waals surface area contributed by atoms with Crippen LogP contribution in [0.5, 0.6) is 0 Å². The summed E-state index contributed by atoms with van der Waals surface area (Å²) in [7, 11) is 0. The third-order valence-corrected chi connectivity index (χ3v) is 5.85. The Hall–Kier alpha value is -3.59. The summed E-state index contributed by atoms with van der Waals surface area (Å²) in [5.74, 6) is -0.688. The summed E-state index contributed by atoms with van der Waals surface area (Å²) >= 11 is 0. The van der Waals surface area contributed by atoms with E-state index in [1.807, 2.05) is 30.3 Å². The number of carbonyl (C=O) groups excluding carboxylic acids is 2. The van der Waals surface area contributed by atoms with Gasteiger partial charge in [0, 0.05) is 18.0 Å². The minimum absolute atomic E-state index is 0.146. The number of ether oxygens (including phenoxy) is 1. The van der Waals surface area contributed by atoms with Gasteiger partial charge in [-0.2, -0.15) is 5.10 Å². The summed E-state index contributed by atoms with van der Waals surface area (Å²) in [5, 5.41) is 22.0. The predicted molar refractivity (Wildman–Crippen MR) is 105 cm³/mol. The van der Waals surface area contributed by atoms with Crippen molar-refractivity contribution in [2.75, 3.05) is 5.32 Å². The highest BCUT2D eigenvalue weighted by Gasteiger charge is 2.53. The van der Waals surface area contributed by atoms with Crippen LogP contribution in [0.2, 0.25) is 0 Å². The first-order valence-electron chi connectivity index (χ1n) is 9.69. The molecule has 9 heteroatoms. The first-order chi connectivity index (χ1) is 14.5. The second-order valence-electron chi connectivity index (χ2n) is 7.65. The highest BCUT2D eigenvalue weighted by atomic mass is 16.6. The van der Waals surface area contributed by atoms with Crippen LogP contribution in [0.3, 0.4) is 0 Å². The Morgan fingerprint density at radius 2 is 1.87 bits per heavy atom. The van der Waals surface area contributed by atoms with Gasteiger partial charge in [0.15, 0.2) is 5.82 Å². The van der Waals surface area contributed by atoms with E-state index < -0.39 is 17.1 Å². The molecule has 1 spiro atoms. The number of hydrogen-bond donors (Lipinski definition) is 2. The van der Waals surface area contributed by atoms with Crippen molar-refractivity contribution in [1.29, 1.82) is 0 Å². The van der Waals surface area contributed by atoms with Crippen molar-refractivity contribution >= 4 is 17.7 Å². The second-order valence-corrected chi connectivity index (χ2v) is 7.65. The number of aromatic nitrogens is 4. The Morgan fingerprint density at radius 3 is 2.63 bits per heavy atom. The number of para-hydroxylation sites is 1. The molecule has 2 aromatic heterocycles. The molecule has 1 fully saturated rings. The highest BCUT2D eigenvalue weighted by molar-refractivity contribution is 5.97. The van der Waals surface area contributed by atoms with Gasteiger partial charge in [-0.1, -0.05) is 18.2 Å². The Bertz CT molecular complexity index is 1120. The van der Waals surface area contributed by atoms with Crippen LogP contribution in [0.15, 0.2) is 55.0 Å². The molecule has 0 radical (unpaired) electrons. The summed E-state index contributed by atoms with van der Waals surface area (Å²) in [6.07, 6.45) is 5.57. The fourth-order valence-corrected chi connectivity index (χ4v) is 4.13. The SMILES string of the molecule is O=C1OC2(CCC(O)(C(=O)Nc3cnn(-c4ccccc4)n3)CC2)c2cnccc21. The molecule has 0 atom stereocenters. The Morgan fingerprint density at radius 1 is 1.10 bits per heavy atom. The minimum Gasteiger partial charge on any atom is -0.450 e. The Kier molecular flexibility index (Phi) is 4.14. The summed E-state index contributed by atoms with van der Waals surface area (Å²) in [6.45, 7) is 0. The molecule has 1 aromatic carbocycles. The van der Waals surface area contributed by atoms with E-state index in [1.165, 1.54) is 11.0 Å². The molecule has 3 heterocycles. The predicted octanol–water partition coefficient (Wildman–Crippen LogP) is 1.97. The third-order valence-electron chi connectivity index (χ3n) is 5.85. The topological polar surface area (TPSA) is 119 Å². The van der Waals surface area contributed by atoms with E-state index in [1.54, 1.807) is 18.5 Å². The lowest BCUT2D eigenvalue weighted by molar-refractivity contribution is -0.144. The normalized spacial score (nSPS) is 25.0. The molecular weight excluding hydrogens is 386 g/mol. The fraction of sp³-hybridized carbons (Fsp3) is 0.286. The Balaban J connectivity index is 1.29. The number of nitrogens with zero attached hydrogens (tertiary/aromatic N) is 4. The Labute approximate surface area is 171 Å². The van der Waals surface area contributed by atoms with Gasteiger partial charge >= 0.3 is 5.97 Å². The zero-order valence-corrected chi connectivity index (χ0v) is 16.0. The van der Waals surface area contributed by atoms with Crippen molar-refractivity contribution in [2.45, 2.75) is 36.9 Å². The molecule has 2 N–H and O–H groups in total. The van der Waals surface area contributed by atoms with Crippen LogP contribution < -0.4 is 5.32 Å². The minimum atomic E-state index is -1.58. The zero-order chi connectivity index (χ0) is 20.8. The van der Waals surface area contributed by atoms with Gasteiger partial charge in [0.1, 0.15) is 11.2 Å². The number of fused-ring (bicyclic) bond motifs is 2. The number of hydrogen-bond acceptors (Lipinski definition) is 7. The summed E-state index contributed by atoms with van der Waals surface area (Å²) in [6, 6.07) is 10.9. The van der Waals surface area contributed by atoms with E-state index in [4.69, 9.17) is 4.74 Å². The molecule has 0 bridgehead atoms. The molecule has 3 aromatic rings. The molecule has 1 amide bonds. The van der Waals surface area contributed by atoms with Gasteiger partial charge in [0.25, 0.3) is 5.91 Å². The van der Waals surface area contributed by atoms with Crippen LogP contribution >= 0.6 is 0 Å². The van der Waals surface area contributed by atoms with Crippen LogP contribution in [0.1, 0.15) is 41.6 Å². The number of nitrogens with one attached hydrogen (secondary N) is 1. The largest absolute Gasteiger partial charge is 0.450 e. The number of amides is 1. The van der Waals surface area contributed by atoms with Crippen LogP contribution in [0, 0.1) is 0 Å². The summed E-state index contributed by atoms with van der Waals surface area (Å²) in [4.78, 5) is 30.5. The number of esters is 1. The molecule has 5 rings (SSSR count). The zero-order valence-electron chi connectivity index (χ0n) is 16.0. The van der Waals surface area contributed by atoms with E-state index in [2.05, 4.69) is 20.5 Å². The van der Waals surface area contributed by atoms with Gasteiger partial charge in [0.05, 0.1) is 17.4 Å². The third kappa shape index (κ3) is 2.94. The molecular formula is C21H19N5O4. The van der Waals surface area contributed by atoms with Crippen molar-refractivity contribution in [2.24, 2.45) is 0 Å². The van der Waals surface area contributed by atoms with Crippen molar-refractivity contribution < 1.29 is 19.4 Å². The molecule has 9 nitrogen and oxygen atoms in total. The average molecular weight is 405 g/mol. The van der Waals surface area contributed by atoms with E-state index in [0.29, 0.717) is 18.4 Å². The van der Waals surface area contributed by atoms with Gasteiger partial charge < -0.3 is 15.2 Å². The van der Waals surface area contributed by atoms with Crippen LogP contribution in [0.25, 0.3) is 5.69 Å². The lowest BCUT2D eigenvalue weighted by Crippen LogP contribution is -2.49. The smallest absolute Gasteiger partial charge is 0.339 e. The van der Waals surface area contributed by atoms with Crippen molar-refractivity contribution in [3.63, 3.8) is 0 Å². The standard InChI is InChI=1S/C21H19N5O4/c27-18-15-6-11-22-12-16(15)21(30-18)9-7-20(29,8-10-21)19(28)24-17-13-23-26(25-17)14-4-2-1-3-5-14/h1-6,11-13,29H,7-10H2,(H,24,25,28). The number of anilines is 1. The van der Waals surface area contributed by atoms with E-state index in [0.717, 1.165) is 11.3 Å². The maximum absolute atomic E-state index is 12.8. The lowest BCUT2D eigenvalue weighted by atomic mass is 9.73. The van der Waals surface area contributed by atoms with Gasteiger partial charge in [0.2, 0.25) is 0 Å². The summed E-state index contributed by atoms with van der Waals surface area (Å²) in [5.41, 5.74) is -0.435. The molecule has 1 saturated carbocycles. The molecule has 0 saturated heterocycles. The number of rotatable bonds is 3. The molecule has 0 unspecified atom stereocenters. The maximum Gasteiger partial charge on any atom is 0.339 e. The summed E-state index contributed by atoms with van der Waals surface area (Å²) < 4.78 is 5.66. The fourth-order valence-electron chi connectivity index (χ4n) is 4.13. The van der Waals surface area contributed by atoms with Crippen LogP contribution in [0.4, 0.5) is 5.82 Å². The van der Waals surface area contributed by atoms with Crippen molar-refractivity contribution in [3.8, 4) is 5.69 Å². The van der Waals surface area contributed by atoms with Crippen molar-refractivity contribution in [3.05, 3.63) is 66.1 Å². The second kappa shape index (κ2) is 6.74. The van der Waals surface area contributed by atoms with Crippen molar-refractivity contribution in [1.82, 2.24) is 20.0 Å².